The van der Waals surface area contributed by atoms with Crippen molar-refractivity contribution >= 4 is 28.4 Å². The van der Waals surface area contributed by atoms with Crippen LogP contribution in [0.2, 0.25) is 0 Å². The number of ether oxygens (including phenoxy) is 2. The number of nitrogens with one attached hydrogen (secondary N) is 1. The Bertz CT molecular complexity index is 1200. The number of carbonyl (C=O) groups is 3. The van der Waals surface area contributed by atoms with E-state index in [1.807, 2.05) is 61.5 Å². The fourth-order valence-corrected chi connectivity index (χ4v) is 4.62. The Morgan fingerprint density at radius 1 is 0.861 bits per heavy atom. The van der Waals surface area contributed by atoms with Gasteiger partial charge in [-0.15, -0.1) is 0 Å². The average Bonchev–Trinajstić information content (AvgIpc) is 2.91. The summed E-state index contributed by atoms with van der Waals surface area (Å²) in [6, 6.07) is 20.8. The summed E-state index contributed by atoms with van der Waals surface area (Å²) in [4.78, 5) is 36.9. The minimum Gasteiger partial charge on any atom is -0.490 e. The second-order valence-electron chi connectivity index (χ2n) is 9.21. The number of ketones is 1. The van der Waals surface area contributed by atoms with Crippen molar-refractivity contribution in [3.63, 3.8) is 0 Å². The van der Waals surface area contributed by atoms with E-state index < -0.39 is 0 Å². The number of amides is 1. The van der Waals surface area contributed by atoms with Crippen molar-refractivity contribution in [2.45, 2.75) is 51.6 Å². The standard InChI is InChI=1S/C30H33NO5/c1-2-35-30(34)23-13-17-27(18-14-23)36-26-15-11-22(12-16-26)28(32)8-5-19-31-29(33)25-10-9-21-6-3-4-7-24(21)20-25/h3-4,6-7,9-12,15-16,20,23,27H,2,5,8,13-14,17-19H2,1H3,(H,31,33). The number of benzene rings is 3. The van der Waals surface area contributed by atoms with Gasteiger partial charge in [-0.05, 0) is 86.2 Å². The zero-order chi connectivity index (χ0) is 25.3. The molecular weight excluding hydrogens is 454 g/mol. The van der Waals surface area contributed by atoms with E-state index >= 15 is 0 Å². The highest BCUT2D eigenvalue weighted by Gasteiger charge is 2.28. The third kappa shape index (κ3) is 6.72. The molecule has 1 amide bonds. The first-order valence-corrected chi connectivity index (χ1v) is 12.8. The predicted octanol–water partition coefficient (Wildman–Crippen LogP) is 5.73. The van der Waals surface area contributed by atoms with E-state index in [-0.39, 0.29) is 29.7 Å². The van der Waals surface area contributed by atoms with E-state index in [2.05, 4.69) is 5.32 Å². The summed E-state index contributed by atoms with van der Waals surface area (Å²) in [6.07, 6.45) is 4.18. The lowest BCUT2D eigenvalue weighted by molar-refractivity contribution is -0.149. The van der Waals surface area contributed by atoms with Crippen LogP contribution in [-0.4, -0.2) is 36.9 Å². The SMILES string of the molecule is CCOC(=O)C1CCC(Oc2ccc(C(=O)CCCNC(=O)c3ccc4ccccc4c3)cc2)CC1. The van der Waals surface area contributed by atoms with Crippen LogP contribution < -0.4 is 10.1 Å². The lowest BCUT2D eigenvalue weighted by Crippen LogP contribution is -2.29. The van der Waals surface area contributed by atoms with Crippen molar-refractivity contribution in [3.8, 4) is 5.75 Å². The van der Waals surface area contributed by atoms with Crippen molar-refractivity contribution in [2.75, 3.05) is 13.2 Å². The Morgan fingerprint density at radius 3 is 2.28 bits per heavy atom. The Labute approximate surface area is 212 Å². The molecule has 1 aliphatic carbocycles. The van der Waals surface area contributed by atoms with E-state index in [1.54, 1.807) is 12.1 Å². The van der Waals surface area contributed by atoms with Gasteiger partial charge in [-0.2, -0.15) is 0 Å². The molecule has 1 saturated carbocycles. The molecule has 0 saturated heterocycles. The number of carbonyl (C=O) groups excluding carboxylic acids is 3. The molecule has 6 nitrogen and oxygen atoms in total. The summed E-state index contributed by atoms with van der Waals surface area (Å²) >= 11 is 0. The van der Waals surface area contributed by atoms with Crippen LogP contribution in [0.3, 0.4) is 0 Å². The fraction of sp³-hybridized carbons (Fsp3) is 0.367. The van der Waals surface area contributed by atoms with Gasteiger partial charge in [-0.1, -0.05) is 30.3 Å². The van der Waals surface area contributed by atoms with E-state index in [1.165, 1.54) is 0 Å². The highest BCUT2D eigenvalue weighted by Crippen LogP contribution is 2.28. The van der Waals surface area contributed by atoms with Crippen LogP contribution in [0.25, 0.3) is 10.8 Å². The predicted molar refractivity (Wildman–Crippen MR) is 139 cm³/mol. The molecule has 1 N–H and O–H groups in total. The molecule has 0 unspecified atom stereocenters. The molecule has 0 atom stereocenters. The van der Waals surface area contributed by atoms with Crippen molar-refractivity contribution in [1.29, 1.82) is 0 Å². The summed E-state index contributed by atoms with van der Waals surface area (Å²) in [5.74, 6) is 0.505. The first-order valence-electron chi connectivity index (χ1n) is 12.8. The van der Waals surface area contributed by atoms with Gasteiger partial charge in [-0.25, -0.2) is 0 Å². The molecule has 36 heavy (non-hydrogen) atoms. The Morgan fingerprint density at radius 2 is 1.56 bits per heavy atom. The number of Topliss-reactive ketones (excluding diaryl/α,β-unsaturated/α-hetero) is 1. The van der Waals surface area contributed by atoms with Crippen molar-refractivity contribution in [1.82, 2.24) is 5.32 Å². The van der Waals surface area contributed by atoms with Crippen LogP contribution in [0.1, 0.15) is 66.2 Å². The van der Waals surface area contributed by atoms with Gasteiger partial charge in [0.25, 0.3) is 5.91 Å². The van der Waals surface area contributed by atoms with Crippen molar-refractivity contribution < 1.29 is 23.9 Å². The molecule has 188 valence electrons. The molecule has 6 heteroatoms. The number of hydrogen-bond donors (Lipinski definition) is 1. The smallest absolute Gasteiger partial charge is 0.308 e. The summed E-state index contributed by atoms with van der Waals surface area (Å²) in [5.41, 5.74) is 1.25. The zero-order valence-electron chi connectivity index (χ0n) is 20.7. The van der Waals surface area contributed by atoms with E-state index in [0.717, 1.165) is 42.2 Å². The van der Waals surface area contributed by atoms with Gasteiger partial charge in [0, 0.05) is 24.1 Å². The Hall–Kier alpha value is -3.67. The van der Waals surface area contributed by atoms with Gasteiger partial charge in [-0.3, -0.25) is 14.4 Å². The molecule has 1 fully saturated rings. The molecule has 3 aromatic carbocycles. The summed E-state index contributed by atoms with van der Waals surface area (Å²) in [5, 5.41) is 5.02. The number of fused-ring (bicyclic) bond motifs is 1. The first-order chi connectivity index (χ1) is 17.5. The molecule has 0 aliphatic heterocycles. The summed E-state index contributed by atoms with van der Waals surface area (Å²) in [7, 11) is 0. The molecule has 0 spiro atoms. The van der Waals surface area contributed by atoms with Gasteiger partial charge in [0.1, 0.15) is 5.75 Å². The highest BCUT2D eigenvalue weighted by molar-refractivity contribution is 5.99. The van der Waals surface area contributed by atoms with Gasteiger partial charge in [0.15, 0.2) is 5.78 Å². The third-order valence-electron chi connectivity index (χ3n) is 6.65. The Kier molecular flexibility index (Phi) is 8.71. The van der Waals surface area contributed by atoms with Crippen LogP contribution in [0.5, 0.6) is 5.75 Å². The number of esters is 1. The summed E-state index contributed by atoms with van der Waals surface area (Å²) < 4.78 is 11.2. The van der Waals surface area contributed by atoms with Crippen molar-refractivity contribution in [2.24, 2.45) is 5.92 Å². The molecule has 0 heterocycles. The van der Waals surface area contributed by atoms with Gasteiger partial charge in [0.2, 0.25) is 0 Å². The maximum absolute atomic E-state index is 12.6. The van der Waals surface area contributed by atoms with Gasteiger partial charge in [0.05, 0.1) is 18.6 Å². The first kappa shape index (κ1) is 25.4. The van der Waals surface area contributed by atoms with Crippen molar-refractivity contribution in [3.05, 3.63) is 77.9 Å². The average molecular weight is 488 g/mol. The second kappa shape index (κ2) is 12.3. The molecule has 0 bridgehead atoms. The van der Waals surface area contributed by atoms with Gasteiger partial charge < -0.3 is 14.8 Å². The van der Waals surface area contributed by atoms with Crippen LogP contribution >= 0.6 is 0 Å². The monoisotopic (exact) mass is 487 g/mol. The molecule has 0 radical (unpaired) electrons. The zero-order valence-corrected chi connectivity index (χ0v) is 20.7. The maximum Gasteiger partial charge on any atom is 0.308 e. The summed E-state index contributed by atoms with van der Waals surface area (Å²) in [6.45, 7) is 2.68. The third-order valence-corrected chi connectivity index (χ3v) is 6.65. The quantitative estimate of drug-likeness (QED) is 0.224. The normalized spacial score (nSPS) is 17.4. The topological polar surface area (TPSA) is 81.7 Å². The largest absolute Gasteiger partial charge is 0.490 e. The lowest BCUT2D eigenvalue weighted by Gasteiger charge is -2.27. The number of hydrogen-bond acceptors (Lipinski definition) is 5. The maximum atomic E-state index is 12.6. The molecule has 1 aliphatic rings. The van der Waals surface area contributed by atoms with E-state index in [4.69, 9.17) is 9.47 Å². The molecule has 0 aromatic heterocycles. The second-order valence-corrected chi connectivity index (χ2v) is 9.21. The van der Waals surface area contributed by atoms with E-state index in [9.17, 15) is 14.4 Å². The van der Waals surface area contributed by atoms with Gasteiger partial charge >= 0.3 is 5.97 Å². The van der Waals surface area contributed by atoms with Crippen LogP contribution in [0, 0.1) is 5.92 Å². The molecule has 4 rings (SSSR count). The minimum absolute atomic E-state index is 0.0258. The minimum atomic E-state index is -0.133. The van der Waals surface area contributed by atoms with E-state index in [0.29, 0.717) is 37.1 Å². The highest BCUT2D eigenvalue weighted by atomic mass is 16.5. The van der Waals surface area contributed by atoms with Crippen LogP contribution in [-0.2, 0) is 9.53 Å². The van der Waals surface area contributed by atoms with Crippen LogP contribution in [0.15, 0.2) is 66.7 Å². The lowest BCUT2D eigenvalue weighted by atomic mass is 9.87. The van der Waals surface area contributed by atoms with Crippen LogP contribution in [0.4, 0.5) is 0 Å². The molecule has 3 aromatic rings. The Balaban J connectivity index is 1.18. The fourth-order valence-electron chi connectivity index (χ4n) is 4.62. The molecular formula is C30H33NO5. The number of rotatable bonds is 10.